The number of hydrogen-bond acceptors (Lipinski definition) is 6. The largest absolute Gasteiger partial charge is 0.388 e. The Morgan fingerprint density at radius 1 is 1.55 bits per heavy atom. The van der Waals surface area contributed by atoms with Gasteiger partial charge in [0.15, 0.2) is 5.65 Å². The molecule has 0 aliphatic carbocycles. The van der Waals surface area contributed by atoms with Gasteiger partial charge in [-0.05, 0) is 0 Å². The van der Waals surface area contributed by atoms with Crippen LogP contribution in [0.5, 0.6) is 0 Å². The third kappa shape index (κ3) is 2.39. The fourth-order valence-electron chi connectivity index (χ4n) is 2.44. The van der Waals surface area contributed by atoms with Crippen LogP contribution >= 0.6 is 0 Å². The highest BCUT2D eigenvalue weighted by Gasteiger charge is 2.31. The van der Waals surface area contributed by atoms with Gasteiger partial charge in [-0.2, -0.15) is 5.10 Å². The van der Waals surface area contributed by atoms with Crippen molar-refractivity contribution in [2.45, 2.75) is 18.4 Å². The maximum Gasteiger partial charge on any atom is 0.348 e. The summed E-state index contributed by atoms with van der Waals surface area (Å²) in [6.07, 6.45) is 2.66. The van der Waals surface area contributed by atoms with E-state index in [1.807, 2.05) is 11.9 Å². The SMILES string of the molecule is CN(CC1(O)CCOCC1)c1cc2n[nH]c(=O)n2cn1. The molecule has 108 valence electrons. The molecule has 2 aromatic heterocycles. The second-order valence-corrected chi connectivity index (χ2v) is 5.20. The number of rotatable bonds is 3. The van der Waals surface area contributed by atoms with E-state index in [-0.39, 0.29) is 5.69 Å². The van der Waals surface area contributed by atoms with Crippen LogP contribution in [-0.4, -0.2) is 57.1 Å². The van der Waals surface area contributed by atoms with E-state index in [9.17, 15) is 9.90 Å². The average Bonchev–Trinajstić information content (AvgIpc) is 2.80. The fraction of sp³-hybridized carbons (Fsp3) is 0.583. The van der Waals surface area contributed by atoms with Gasteiger partial charge < -0.3 is 14.7 Å². The van der Waals surface area contributed by atoms with Gasteiger partial charge in [0.05, 0.1) is 5.60 Å². The third-order valence-electron chi connectivity index (χ3n) is 3.64. The zero-order valence-corrected chi connectivity index (χ0v) is 11.2. The first kappa shape index (κ1) is 13.1. The minimum absolute atomic E-state index is 0.315. The van der Waals surface area contributed by atoms with Crippen LogP contribution in [0.2, 0.25) is 0 Å². The van der Waals surface area contributed by atoms with Gasteiger partial charge in [-0.25, -0.2) is 19.3 Å². The first-order valence-electron chi connectivity index (χ1n) is 6.51. The maximum atomic E-state index is 11.4. The summed E-state index contributed by atoms with van der Waals surface area (Å²) in [6.45, 7) is 1.62. The Balaban J connectivity index is 1.81. The Morgan fingerprint density at radius 2 is 2.30 bits per heavy atom. The van der Waals surface area contributed by atoms with Crippen LogP contribution in [0.15, 0.2) is 17.2 Å². The predicted molar refractivity (Wildman–Crippen MR) is 71.9 cm³/mol. The Kier molecular flexibility index (Phi) is 3.19. The second-order valence-electron chi connectivity index (χ2n) is 5.20. The highest BCUT2D eigenvalue weighted by molar-refractivity contribution is 5.49. The molecule has 8 heteroatoms. The molecule has 0 bridgehead atoms. The standard InChI is InChI=1S/C12H17N5O3/c1-16(7-12(19)2-4-20-5-3-12)9-6-10-14-15-11(18)17(10)8-13-9/h6,8,19H,2-5,7H2,1H3,(H,15,18). The lowest BCUT2D eigenvalue weighted by atomic mass is 9.94. The molecule has 0 radical (unpaired) electrons. The number of ether oxygens (including phenoxy) is 1. The van der Waals surface area contributed by atoms with Crippen LogP contribution < -0.4 is 10.6 Å². The van der Waals surface area contributed by atoms with Crippen molar-refractivity contribution in [2.75, 3.05) is 31.7 Å². The molecule has 1 saturated heterocycles. The molecular weight excluding hydrogens is 262 g/mol. The molecule has 3 rings (SSSR count). The van der Waals surface area contributed by atoms with E-state index in [1.165, 1.54) is 10.7 Å². The molecule has 3 heterocycles. The minimum atomic E-state index is -0.758. The lowest BCUT2D eigenvalue weighted by molar-refractivity contribution is -0.0573. The Hall–Kier alpha value is -1.93. The molecule has 2 N–H and O–H groups in total. The summed E-state index contributed by atoms with van der Waals surface area (Å²) in [5.74, 6) is 0.663. The number of anilines is 1. The van der Waals surface area contributed by atoms with E-state index < -0.39 is 5.60 Å². The predicted octanol–water partition coefficient (Wildman–Crippen LogP) is -0.605. The molecule has 8 nitrogen and oxygen atoms in total. The van der Waals surface area contributed by atoms with E-state index in [2.05, 4.69) is 15.2 Å². The third-order valence-corrected chi connectivity index (χ3v) is 3.64. The molecular formula is C12H17N5O3. The van der Waals surface area contributed by atoms with Crippen LogP contribution in [0.4, 0.5) is 5.82 Å². The molecule has 1 aliphatic rings. The zero-order valence-electron chi connectivity index (χ0n) is 11.2. The number of likely N-dealkylation sites (N-methyl/N-ethyl adjacent to an activating group) is 1. The molecule has 1 aliphatic heterocycles. The lowest BCUT2D eigenvalue weighted by Crippen LogP contribution is -2.46. The number of H-pyrrole nitrogens is 1. The van der Waals surface area contributed by atoms with Crippen LogP contribution in [0.25, 0.3) is 5.65 Å². The highest BCUT2D eigenvalue weighted by Crippen LogP contribution is 2.23. The topological polar surface area (TPSA) is 95.8 Å². The molecule has 0 spiro atoms. The van der Waals surface area contributed by atoms with E-state index in [4.69, 9.17) is 4.74 Å². The quantitative estimate of drug-likeness (QED) is 0.778. The Labute approximate surface area is 115 Å². The maximum absolute atomic E-state index is 11.4. The van der Waals surface area contributed by atoms with E-state index in [0.717, 1.165) is 0 Å². The van der Waals surface area contributed by atoms with Gasteiger partial charge in [0.2, 0.25) is 0 Å². The number of aromatic nitrogens is 4. The van der Waals surface area contributed by atoms with Crippen LogP contribution in [0.1, 0.15) is 12.8 Å². The van der Waals surface area contributed by atoms with Crippen molar-refractivity contribution < 1.29 is 9.84 Å². The summed E-state index contributed by atoms with van der Waals surface area (Å²) >= 11 is 0. The smallest absolute Gasteiger partial charge is 0.348 e. The van der Waals surface area contributed by atoms with Crippen molar-refractivity contribution in [3.8, 4) is 0 Å². The summed E-state index contributed by atoms with van der Waals surface area (Å²) in [6, 6.07) is 1.71. The molecule has 2 aromatic rings. The second kappa shape index (κ2) is 4.88. The molecule has 0 saturated carbocycles. The van der Waals surface area contributed by atoms with Crippen molar-refractivity contribution in [3.63, 3.8) is 0 Å². The number of nitrogens with one attached hydrogen (secondary N) is 1. The summed E-state index contributed by atoms with van der Waals surface area (Å²) in [5, 5.41) is 16.8. The minimum Gasteiger partial charge on any atom is -0.388 e. The van der Waals surface area contributed by atoms with Gasteiger partial charge in [-0.1, -0.05) is 0 Å². The van der Waals surface area contributed by atoms with Gasteiger partial charge in [0, 0.05) is 45.7 Å². The van der Waals surface area contributed by atoms with Gasteiger partial charge in [-0.3, -0.25) is 0 Å². The van der Waals surface area contributed by atoms with Crippen molar-refractivity contribution in [1.29, 1.82) is 0 Å². The highest BCUT2D eigenvalue weighted by atomic mass is 16.5. The number of aromatic amines is 1. The molecule has 1 fully saturated rings. The van der Waals surface area contributed by atoms with Crippen molar-refractivity contribution in [2.24, 2.45) is 0 Å². The van der Waals surface area contributed by atoms with Gasteiger partial charge in [-0.15, -0.1) is 0 Å². The molecule has 0 aromatic carbocycles. The van der Waals surface area contributed by atoms with E-state index >= 15 is 0 Å². The Bertz CT molecular complexity index is 658. The lowest BCUT2D eigenvalue weighted by Gasteiger charge is -2.35. The average molecular weight is 279 g/mol. The van der Waals surface area contributed by atoms with Crippen LogP contribution in [0, 0.1) is 0 Å². The van der Waals surface area contributed by atoms with E-state index in [1.54, 1.807) is 6.07 Å². The van der Waals surface area contributed by atoms with Crippen molar-refractivity contribution >= 4 is 11.5 Å². The zero-order chi connectivity index (χ0) is 14.2. The van der Waals surface area contributed by atoms with E-state index in [0.29, 0.717) is 44.1 Å². The van der Waals surface area contributed by atoms with Gasteiger partial charge in [0.25, 0.3) is 0 Å². The first-order valence-corrected chi connectivity index (χ1v) is 6.51. The summed E-state index contributed by atoms with van der Waals surface area (Å²) in [7, 11) is 1.86. The van der Waals surface area contributed by atoms with Crippen molar-refractivity contribution in [1.82, 2.24) is 19.6 Å². The van der Waals surface area contributed by atoms with Crippen LogP contribution in [-0.2, 0) is 4.74 Å². The Morgan fingerprint density at radius 3 is 3.05 bits per heavy atom. The summed E-state index contributed by atoms with van der Waals surface area (Å²) < 4.78 is 6.60. The first-order chi connectivity index (χ1) is 9.57. The monoisotopic (exact) mass is 279 g/mol. The number of fused-ring (bicyclic) bond motifs is 1. The molecule has 0 atom stereocenters. The fourth-order valence-corrected chi connectivity index (χ4v) is 2.44. The molecule has 20 heavy (non-hydrogen) atoms. The normalized spacial score (nSPS) is 18.3. The van der Waals surface area contributed by atoms with Gasteiger partial charge >= 0.3 is 5.69 Å². The molecule has 0 unspecified atom stereocenters. The van der Waals surface area contributed by atoms with Crippen LogP contribution in [0.3, 0.4) is 0 Å². The molecule has 0 amide bonds. The summed E-state index contributed by atoms with van der Waals surface area (Å²) in [5.41, 5.74) is -0.568. The number of nitrogens with zero attached hydrogens (tertiary/aromatic N) is 4. The van der Waals surface area contributed by atoms with Crippen molar-refractivity contribution in [3.05, 3.63) is 22.9 Å². The van der Waals surface area contributed by atoms with Gasteiger partial charge in [0.1, 0.15) is 12.1 Å². The number of hydrogen-bond donors (Lipinski definition) is 2. The summed E-state index contributed by atoms with van der Waals surface area (Å²) in [4.78, 5) is 17.5. The number of aliphatic hydroxyl groups is 1.